The average molecular weight is 739 g/mol. The van der Waals surface area contributed by atoms with Crippen molar-refractivity contribution in [3.63, 3.8) is 0 Å². The van der Waals surface area contributed by atoms with E-state index in [0.29, 0.717) is 54.6 Å². The standard InChI is InChI=1S/C43H44ClN3O4.ClH/c1-32(2)36-14-18-38(19-15-36)49-28-23-34-7-9-35(10-8-34)30-46-24-26-47(27-25-46)43(48)22-13-33-11-16-39(17-12-33)51-42-21-20-40(29-45-42)50-31-37-5-3-4-6-41(37)44;/h3-22,29,32H,23-28,30-31H2,1-2H3;1H. The minimum absolute atomic E-state index is 0. The van der Waals surface area contributed by atoms with Crippen LogP contribution in [0.15, 0.2) is 121 Å². The van der Waals surface area contributed by atoms with Crippen molar-refractivity contribution in [3.8, 4) is 23.1 Å². The molecule has 7 nitrogen and oxygen atoms in total. The highest BCUT2D eigenvalue weighted by molar-refractivity contribution is 6.31. The number of hydrogen-bond acceptors (Lipinski definition) is 6. The van der Waals surface area contributed by atoms with Crippen molar-refractivity contribution in [1.82, 2.24) is 14.8 Å². The van der Waals surface area contributed by atoms with Gasteiger partial charge in [-0.15, -0.1) is 12.4 Å². The molecule has 1 amide bonds. The van der Waals surface area contributed by atoms with Crippen molar-refractivity contribution in [3.05, 3.63) is 154 Å². The monoisotopic (exact) mass is 737 g/mol. The van der Waals surface area contributed by atoms with Crippen LogP contribution in [0.2, 0.25) is 5.02 Å². The number of aromatic nitrogens is 1. The summed E-state index contributed by atoms with van der Waals surface area (Å²) in [4.78, 5) is 21.6. The summed E-state index contributed by atoms with van der Waals surface area (Å²) < 4.78 is 17.6. The van der Waals surface area contributed by atoms with Crippen LogP contribution in [-0.4, -0.2) is 53.5 Å². The van der Waals surface area contributed by atoms with Crippen molar-refractivity contribution in [2.75, 3.05) is 32.8 Å². The van der Waals surface area contributed by atoms with Crippen molar-refractivity contribution >= 4 is 36.0 Å². The van der Waals surface area contributed by atoms with Gasteiger partial charge >= 0.3 is 0 Å². The zero-order valence-corrected chi connectivity index (χ0v) is 31.2. The molecule has 0 spiro atoms. The molecule has 1 aliphatic rings. The van der Waals surface area contributed by atoms with Crippen LogP contribution in [0.25, 0.3) is 6.08 Å². The van der Waals surface area contributed by atoms with Crippen LogP contribution >= 0.6 is 24.0 Å². The van der Waals surface area contributed by atoms with Crippen LogP contribution in [0.5, 0.6) is 23.1 Å². The van der Waals surface area contributed by atoms with Crippen LogP contribution in [0.3, 0.4) is 0 Å². The molecule has 0 bridgehead atoms. The summed E-state index contributed by atoms with van der Waals surface area (Å²) in [6.07, 6.45) is 5.99. The molecular formula is C43H45Cl2N3O4. The quantitative estimate of drug-likeness (QED) is 0.106. The normalized spacial score (nSPS) is 13.2. The van der Waals surface area contributed by atoms with Gasteiger partial charge in [0, 0.05) is 61.9 Å². The van der Waals surface area contributed by atoms with Gasteiger partial charge in [-0.25, -0.2) is 4.98 Å². The number of hydrogen-bond donors (Lipinski definition) is 0. The predicted octanol–water partition coefficient (Wildman–Crippen LogP) is 9.63. The Morgan fingerprint density at radius 3 is 2.13 bits per heavy atom. The second-order valence-electron chi connectivity index (χ2n) is 13.0. The van der Waals surface area contributed by atoms with E-state index in [1.807, 2.05) is 65.6 Å². The SMILES string of the molecule is CC(C)c1ccc(OCCc2ccc(CN3CCN(C(=O)C=Cc4ccc(Oc5ccc(OCc6ccccc6Cl)cn5)cc4)CC3)cc2)cc1.Cl. The molecule has 2 heterocycles. The largest absolute Gasteiger partial charge is 0.493 e. The summed E-state index contributed by atoms with van der Waals surface area (Å²) in [5.74, 6) is 3.20. The van der Waals surface area contributed by atoms with E-state index in [4.69, 9.17) is 25.8 Å². The summed E-state index contributed by atoms with van der Waals surface area (Å²) >= 11 is 6.20. The lowest BCUT2D eigenvalue weighted by molar-refractivity contribution is -0.127. The van der Waals surface area contributed by atoms with Crippen LogP contribution in [0.1, 0.15) is 47.6 Å². The highest BCUT2D eigenvalue weighted by Crippen LogP contribution is 2.24. The van der Waals surface area contributed by atoms with Gasteiger partial charge in [-0.1, -0.05) is 92.2 Å². The fourth-order valence-corrected chi connectivity index (χ4v) is 5.95. The third-order valence-corrected chi connectivity index (χ3v) is 9.27. The van der Waals surface area contributed by atoms with Gasteiger partial charge in [0.1, 0.15) is 23.9 Å². The number of nitrogens with zero attached hydrogens (tertiary/aromatic N) is 3. The molecule has 1 saturated heterocycles. The van der Waals surface area contributed by atoms with Gasteiger partial charge in [-0.05, 0) is 70.6 Å². The third-order valence-electron chi connectivity index (χ3n) is 8.90. The van der Waals surface area contributed by atoms with Gasteiger partial charge in [-0.2, -0.15) is 0 Å². The molecule has 270 valence electrons. The van der Waals surface area contributed by atoms with E-state index in [1.165, 1.54) is 16.7 Å². The molecule has 6 rings (SSSR count). The first kappa shape index (κ1) is 38.4. The van der Waals surface area contributed by atoms with E-state index >= 15 is 0 Å². The maximum absolute atomic E-state index is 12.9. The fourth-order valence-electron chi connectivity index (χ4n) is 5.76. The maximum atomic E-state index is 12.9. The second-order valence-corrected chi connectivity index (χ2v) is 13.4. The lowest BCUT2D eigenvalue weighted by Crippen LogP contribution is -2.47. The lowest BCUT2D eigenvalue weighted by atomic mass is 10.0. The van der Waals surface area contributed by atoms with Gasteiger partial charge in [0.2, 0.25) is 11.8 Å². The number of rotatable bonds is 14. The average Bonchev–Trinajstić information content (AvgIpc) is 3.16. The molecule has 5 aromatic rings. The predicted molar refractivity (Wildman–Crippen MR) is 211 cm³/mol. The van der Waals surface area contributed by atoms with E-state index in [0.717, 1.165) is 42.9 Å². The molecule has 0 unspecified atom stereocenters. The molecule has 4 aromatic carbocycles. The number of halogens is 2. The number of carbonyl (C=O) groups excluding carboxylic acids is 1. The summed E-state index contributed by atoms with van der Waals surface area (Å²) in [7, 11) is 0. The van der Waals surface area contributed by atoms with E-state index in [2.05, 4.69) is 72.3 Å². The van der Waals surface area contributed by atoms with Crippen LogP contribution < -0.4 is 14.2 Å². The Hall–Kier alpha value is -4.82. The second kappa shape index (κ2) is 19.1. The van der Waals surface area contributed by atoms with Gasteiger partial charge in [-0.3, -0.25) is 9.69 Å². The number of amides is 1. The highest BCUT2D eigenvalue weighted by atomic mass is 35.5. The minimum atomic E-state index is 0. The number of carbonyl (C=O) groups is 1. The topological polar surface area (TPSA) is 64.1 Å². The van der Waals surface area contributed by atoms with E-state index in [1.54, 1.807) is 18.3 Å². The van der Waals surface area contributed by atoms with E-state index in [9.17, 15) is 4.79 Å². The molecule has 0 N–H and O–H groups in total. The van der Waals surface area contributed by atoms with Crippen LogP contribution in [0.4, 0.5) is 0 Å². The zero-order valence-electron chi connectivity index (χ0n) is 29.6. The van der Waals surface area contributed by atoms with Gasteiger partial charge in [0.25, 0.3) is 0 Å². The molecule has 1 aromatic heterocycles. The van der Waals surface area contributed by atoms with Gasteiger partial charge < -0.3 is 19.1 Å². The smallest absolute Gasteiger partial charge is 0.246 e. The minimum Gasteiger partial charge on any atom is -0.493 e. The van der Waals surface area contributed by atoms with Gasteiger partial charge in [0.05, 0.1) is 12.8 Å². The lowest BCUT2D eigenvalue weighted by Gasteiger charge is -2.34. The molecule has 0 radical (unpaired) electrons. The molecule has 0 saturated carbocycles. The first-order valence-electron chi connectivity index (χ1n) is 17.5. The third kappa shape index (κ3) is 11.3. The fraction of sp³-hybridized carbons (Fsp3) is 0.256. The van der Waals surface area contributed by atoms with Crippen molar-refractivity contribution in [2.45, 2.75) is 39.3 Å². The molecule has 0 atom stereocenters. The zero-order chi connectivity index (χ0) is 35.4. The van der Waals surface area contributed by atoms with Crippen LogP contribution in [0, 0.1) is 0 Å². The van der Waals surface area contributed by atoms with Crippen molar-refractivity contribution in [2.24, 2.45) is 0 Å². The number of benzene rings is 4. The van der Waals surface area contributed by atoms with Gasteiger partial charge in [0.15, 0.2) is 0 Å². The first-order valence-corrected chi connectivity index (χ1v) is 17.9. The van der Waals surface area contributed by atoms with E-state index < -0.39 is 0 Å². The number of piperazine rings is 1. The molecule has 0 aliphatic carbocycles. The van der Waals surface area contributed by atoms with Crippen LogP contribution in [-0.2, 0) is 24.4 Å². The highest BCUT2D eigenvalue weighted by Gasteiger charge is 2.19. The Bertz CT molecular complexity index is 1870. The molecule has 9 heteroatoms. The Morgan fingerprint density at radius 1 is 0.788 bits per heavy atom. The summed E-state index contributed by atoms with van der Waals surface area (Å²) in [5, 5.41) is 0.669. The molecular weight excluding hydrogens is 693 g/mol. The summed E-state index contributed by atoms with van der Waals surface area (Å²) in [6, 6.07) is 35.9. The first-order chi connectivity index (χ1) is 24.9. The molecule has 1 fully saturated rings. The Balaban J connectivity index is 0.00000523. The maximum Gasteiger partial charge on any atom is 0.246 e. The molecule has 1 aliphatic heterocycles. The Morgan fingerprint density at radius 2 is 1.46 bits per heavy atom. The number of pyridine rings is 1. The molecule has 52 heavy (non-hydrogen) atoms. The summed E-state index contributed by atoms with van der Waals surface area (Å²) in [6.45, 7) is 9.39. The van der Waals surface area contributed by atoms with E-state index in [-0.39, 0.29) is 18.3 Å². The van der Waals surface area contributed by atoms with Crippen molar-refractivity contribution < 1.29 is 19.0 Å². The van der Waals surface area contributed by atoms with Crippen molar-refractivity contribution in [1.29, 1.82) is 0 Å². The Kier molecular flexibility index (Phi) is 14.1. The summed E-state index contributed by atoms with van der Waals surface area (Å²) in [5.41, 5.74) is 5.70. The Labute approximate surface area is 318 Å². The number of ether oxygens (including phenoxy) is 3.